The Labute approximate surface area is 140 Å². The topological polar surface area (TPSA) is 108 Å². The van der Waals surface area contributed by atoms with Crippen molar-refractivity contribution in [2.75, 3.05) is 20.3 Å². The molecule has 4 N–H and O–H groups in total. The second-order valence-electron chi connectivity index (χ2n) is 5.06. The average Bonchev–Trinajstić information content (AvgIpc) is 2.56. The Bertz CT molecular complexity index is 313. The summed E-state index contributed by atoms with van der Waals surface area (Å²) in [5, 5.41) is 31.6. The van der Waals surface area contributed by atoms with E-state index in [1.54, 1.807) is 20.9 Å². The third-order valence-corrected chi connectivity index (χ3v) is 3.70. The number of carbonyl (C=O) groups is 1. The van der Waals surface area contributed by atoms with Gasteiger partial charge in [0, 0.05) is 12.3 Å². The molecule has 0 radical (unpaired) electrons. The normalized spacial score (nSPS) is 31.4. The van der Waals surface area contributed by atoms with Gasteiger partial charge in [0.2, 0.25) is 0 Å². The van der Waals surface area contributed by atoms with Crippen LogP contribution in [0.1, 0.15) is 41.5 Å². The van der Waals surface area contributed by atoms with Crippen LogP contribution in [0.3, 0.4) is 0 Å². The monoisotopic (exact) mass is 337 g/mol. The SMILES string of the molecule is C.CC.CCC(=O)[C@H](CO[C@H]1OC(CO)[C@H](O)[C@H](O)C1C)NC. The number of ketones is 1. The van der Waals surface area contributed by atoms with Gasteiger partial charge in [0.1, 0.15) is 12.2 Å². The highest BCUT2D eigenvalue weighted by molar-refractivity contribution is 5.83. The molecule has 1 heterocycles. The number of hydrogen-bond donors (Lipinski definition) is 4. The summed E-state index contributed by atoms with van der Waals surface area (Å²) < 4.78 is 11.0. The first-order valence-corrected chi connectivity index (χ1v) is 7.90. The average molecular weight is 337 g/mol. The molecule has 2 unspecified atom stereocenters. The number of likely N-dealkylation sites (N-methyl/N-ethyl adjacent to an activating group) is 1. The molecule has 1 aliphatic rings. The summed E-state index contributed by atoms with van der Waals surface area (Å²) in [4.78, 5) is 11.6. The molecule has 140 valence electrons. The van der Waals surface area contributed by atoms with Crippen molar-refractivity contribution in [3.8, 4) is 0 Å². The zero-order valence-electron chi connectivity index (χ0n) is 14.2. The van der Waals surface area contributed by atoms with Gasteiger partial charge in [0.05, 0.1) is 25.4 Å². The minimum Gasteiger partial charge on any atom is -0.394 e. The van der Waals surface area contributed by atoms with Gasteiger partial charge in [-0.1, -0.05) is 35.1 Å². The minimum absolute atomic E-state index is 0. The van der Waals surface area contributed by atoms with Crippen LogP contribution in [-0.2, 0) is 14.3 Å². The van der Waals surface area contributed by atoms with E-state index >= 15 is 0 Å². The molecule has 0 aromatic carbocycles. The molecule has 0 aromatic rings. The Morgan fingerprint density at radius 3 is 2.30 bits per heavy atom. The van der Waals surface area contributed by atoms with E-state index in [4.69, 9.17) is 14.6 Å². The Morgan fingerprint density at radius 2 is 1.87 bits per heavy atom. The second-order valence-corrected chi connectivity index (χ2v) is 5.06. The van der Waals surface area contributed by atoms with Crippen molar-refractivity contribution in [1.29, 1.82) is 0 Å². The highest BCUT2D eigenvalue weighted by Crippen LogP contribution is 2.26. The maximum absolute atomic E-state index is 11.6. The number of aliphatic hydroxyl groups is 3. The fourth-order valence-corrected chi connectivity index (χ4v) is 2.19. The lowest BCUT2D eigenvalue weighted by Crippen LogP contribution is -2.56. The van der Waals surface area contributed by atoms with E-state index in [1.807, 2.05) is 13.8 Å². The van der Waals surface area contributed by atoms with Gasteiger partial charge in [-0.3, -0.25) is 4.79 Å². The first kappa shape index (κ1) is 24.7. The van der Waals surface area contributed by atoms with Gasteiger partial charge in [-0.2, -0.15) is 0 Å². The quantitative estimate of drug-likeness (QED) is 0.529. The summed E-state index contributed by atoms with van der Waals surface area (Å²) in [5.41, 5.74) is 0. The van der Waals surface area contributed by atoms with Gasteiger partial charge >= 0.3 is 0 Å². The van der Waals surface area contributed by atoms with Gasteiger partial charge in [-0.15, -0.1) is 0 Å². The Morgan fingerprint density at radius 1 is 1.30 bits per heavy atom. The van der Waals surface area contributed by atoms with Crippen molar-refractivity contribution in [1.82, 2.24) is 5.32 Å². The van der Waals surface area contributed by atoms with Crippen molar-refractivity contribution in [3.05, 3.63) is 0 Å². The van der Waals surface area contributed by atoms with Crippen LogP contribution in [0.15, 0.2) is 0 Å². The minimum atomic E-state index is -1.15. The number of Topliss-reactive ketones (excluding diaryl/α,β-unsaturated/α-hetero) is 1. The molecule has 0 bridgehead atoms. The lowest BCUT2D eigenvalue weighted by atomic mass is 9.92. The van der Waals surface area contributed by atoms with Crippen molar-refractivity contribution < 1.29 is 29.6 Å². The van der Waals surface area contributed by atoms with Crippen molar-refractivity contribution in [2.24, 2.45) is 5.92 Å². The third-order valence-electron chi connectivity index (χ3n) is 3.70. The molecule has 0 saturated carbocycles. The van der Waals surface area contributed by atoms with E-state index in [0.29, 0.717) is 6.42 Å². The fraction of sp³-hybridized carbons (Fsp3) is 0.938. The summed E-state index contributed by atoms with van der Waals surface area (Å²) in [5.74, 6) is -0.433. The maximum Gasteiger partial charge on any atom is 0.163 e. The molecule has 7 nitrogen and oxygen atoms in total. The van der Waals surface area contributed by atoms with E-state index in [-0.39, 0.29) is 19.8 Å². The largest absolute Gasteiger partial charge is 0.394 e. The first-order valence-electron chi connectivity index (χ1n) is 7.90. The highest BCUT2D eigenvalue weighted by Gasteiger charge is 2.42. The Balaban J connectivity index is 0. The van der Waals surface area contributed by atoms with Crippen LogP contribution in [0, 0.1) is 5.92 Å². The Hall–Kier alpha value is -0.570. The van der Waals surface area contributed by atoms with Crippen LogP contribution < -0.4 is 5.32 Å². The van der Waals surface area contributed by atoms with Crippen LogP contribution in [0.2, 0.25) is 0 Å². The fourth-order valence-electron chi connectivity index (χ4n) is 2.19. The third kappa shape index (κ3) is 6.82. The van der Waals surface area contributed by atoms with E-state index < -0.39 is 43.2 Å². The standard InChI is InChI=1S/C13H25NO6.C2H6.CH4/c1-4-9(16)8(14-3)6-19-13-7(2)11(17)12(18)10(5-15)20-13;1-2;/h7-8,10-15,17-18H,4-6H2,1-3H3;1-2H3;1H4/t7?,8-,10?,11+,12-,13-;;/m0../s1. The van der Waals surface area contributed by atoms with E-state index in [9.17, 15) is 15.0 Å². The molecule has 6 atom stereocenters. The van der Waals surface area contributed by atoms with Crippen LogP contribution in [0.25, 0.3) is 0 Å². The van der Waals surface area contributed by atoms with Crippen LogP contribution >= 0.6 is 0 Å². The predicted molar refractivity (Wildman–Crippen MR) is 89.1 cm³/mol. The number of nitrogens with one attached hydrogen (secondary N) is 1. The van der Waals surface area contributed by atoms with E-state index in [0.717, 1.165) is 0 Å². The molecule has 1 aliphatic heterocycles. The molecule has 0 spiro atoms. The predicted octanol–water partition coefficient (Wildman–Crippen LogP) is 0.308. The highest BCUT2D eigenvalue weighted by atomic mass is 16.7. The molecular weight excluding hydrogens is 302 g/mol. The zero-order chi connectivity index (χ0) is 17.3. The number of rotatable bonds is 7. The van der Waals surface area contributed by atoms with E-state index in [1.165, 1.54) is 0 Å². The lowest BCUT2D eigenvalue weighted by Gasteiger charge is -2.41. The molecular formula is C16H35NO6. The van der Waals surface area contributed by atoms with Gasteiger partial charge in [-0.25, -0.2) is 0 Å². The molecule has 7 heteroatoms. The molecule has 0 aromatic heterocycles. The van der Waals surface area contributed by atoms with Crippen LogP contribution in [0.5, 0.6) is 0 Å². The summed E-state index contributed by atoms with van der Waals surface area (Å²) in [6.45, 7) is 7.16. The number of hydrogen-bond acceptors (Lipinski definition) is 7. The molecule has 0 aliphatic carbocycles. The Kier molecular flexibility index (Phi) is 13.7. The van der Waals surface area contributed by atoms with Crippen molar-refractivity contribution in [3.63, 3.8) is 0 Å². The smallest absolute Gasteiger partial charge is 0.163 e. The molecule has 1 fully saturated rings. The lowest BCUT2D eigenvalue weighted by molar-refractivity contribution is -0.283. The molecule has 0 amide bonds. The van der Waals surface area contributed by atoms with Crippen LogP contribution in [0.4, 0.5) is 0 Å². The van der Waals surface area contributed by atoms with Gasteiger partial charge in [0.15, 0.2) is 12.1 Å². The van der Waals surface area contributed by atoms with Crippen molar-refractivity contribution in [2.45, 2.75) is 72.2 Å². The molecule has 23 heavy (non-hydrogen) atoms. The zero-order valence-corrected chi connectivity index (χ0v) is 14.2. The van der Waals surface area contributed by atoms with Crippen LogP contribution in [-0.4, -0.2) is 72.0 Å². The van der Waals surface area contributed by atoms with Gasteiger partial charge in [0.25, 0.3) is 0 Å². The second kappa shape index (κ2) is 12.8. The summed E-state index contributed by atoms with van der Waals surface area (Å²) in [6.07, 6.45) is -3.45. The van der Waals surface area contributed by atoms with Gasteiger partial charge < -0.3 is 30.1 Å². The number of carbonyl (C=O) groups excluding carboxylic acids is 1. The molecule has 1 saturated heterocycles. The summed E-state index contributed by atoms with van der Waals surface area (Å²) >= 11 is 0. The number of ether oxygens (including phenoxy) is 2. The molecule has 1 rings (SSSR count). The summed E-state index contributed by atoms with van der Waals surface area (Å²) in [7, 11) is 1.67. The maximum atomic E-state index is 11.6. The van der Waals surface area contributed by atoms with E-state index in [2.05, 4.69) is 5.32 Å². The van der Waals surface area contributed by atoms with Gasteiger partial charge in [-0.05, 0) is 7.05 Å². The summed E-state index contributed by atoms with van der Waals surface area (Å²) in [6, 6.07) is -0.438. The first-order chi connectivity index (χ1) is 10.5. The number of aliphatic hydroxyl groups excluding tert-OH is 3. The van der Waals surface area contributed by atoms with Crippen molar-refractivity contribution >= 4 is 5.78 Å².